The Morgan fingerprint density at radius 3 is 2.28 bits per heavy atom. The zero-order chi connectivity index (χ0) is 20.8. The van der Waals surface area contributed by atoms with Gasteiger partial charge in [-0.05, 0) is 46.9 Å². The molecule has 0 heterocycles. The monoisotopic (exact) mass is 390 g/mol. The lowest BCUT2D eigenvalue weighted by molar-refractivity contribution is -0.132. The number of amides is 2. The highest BCUT2D eigenvalue weighted by Crippen LogP contribution is 2.20. The fraction of sp³-hybridized carbons (Fsp3) is 0.250. The predicted octanol–water partition coefficient (Wildman–Crippen LogP) is 4.12. The zero-order valence-corrected chi connectivity index (χ0v) is 16.9. The number of carbonyl (C=O) groups excluding carboxylic acids is 2. The SMILES string of the molecule is CC(C)c1ccc(O[C@@H](C)C(=O)NNC(=O)Cc2cccc3ccccc23)cc1. The van der Waals surface area contributed by atoms with Crippen LogP contribution in [0.25, 0.3) is 10.8 Å². The summed E-state index contributed by atoms with van der Waals surface area (Å²) >= 11 is 0. The van der Waals surface area contributed by atoms with Crippen molar-refractivity contribution in [3.63, 3.8) is 0 Å². The minimum atomic E-state index is -0.738. The molecular weight excluding hydrogens is 364 g/mol. The Morgan fingerprint density at radius 2 is 1.55 bits per heavy atom. The number of carbonyl (C=O) groups is 2. The second-order valence-corrected chi connectivity index (χ2v) is 7.34. The van der Waals surface area contributed by atoms with Crippen LogP contribution in [0.5, 0.6) is 5.75 Å². The van der Waals surface area contributed by atoms with E-state index in [1.165, 1.54) is 5.56 Å². The first kappa shape index (κ1) is 20.4. The molecule has 0 fully saturated rings. The molecule has 0 aliphatic heterocycles. The Hall–Kier alpha value is -3.34. The first-order valence-electron chi connectivity index (χ1n) is 9.76. The van der Waals surface area contributed by atoms with Crippen LogP contribution in [0.15, 0.2) is 66.7 Å². The van der Waals surface area contributed by atoms with Gasteiger partial charge in [-0.2, -0.15) is 0 Å². The molecule has 0 saturated heterocycles. The number of benzene rings is 3. The van der Waals surface area contributed by atoms with Gasteiger partial charge in [0.2, 0.25) is 5.91 Å². The summed E-state index contributed by atoms with van der Waals surface area (Å²) in [5.41, 5.74) is 7.02. The maximum Gasteiger partial charge on any atom is 0.279 e. The van der Waals surface area contributed by atoms with Crippen LogP contribution in [0.2, 0.25) is 0 Å². The lowest BCUT2D eigenvalue weighted by Gasteiger charge is -2.16. The Labute approximate surface area is 171 Å². The largest absolute Gasteiger partial charge is 0.481 e. The summed E-state index contributed by atoms with van der Waals surface area (Å²) in [6.07, 6.45) is -0.564. The number of ether oxygens (including phenoxy) is 1. The van der Waals surface area contributed by atoms with Crippen LogP contribution < -0.4 is 15.6 Å². The van der Waals surface area contributed by atoms with E-state index in [4.69, 9.17) is 4.74 Å². The van der Waals surface area contributed by atoms with Gasteiger partial charge < -0.3 is 4.74 Å². The summed E-state index contributed by atoms with van der Waals surface area (Å²) in [4.78, 5) is 24.5. The average molecular weight is 390 g/mol. The van der Waals surface area contributed by atoms with Crippen LogP contribution in [0.3, 0.4) is 0 Å². The summed E-state index contributed by atoms with van der Waals surface area (Å²) in [5, 5.41) is 2.10. The molecule has 2 amide bonds. The van der Waals surface area contributed by atoms with Crippen molar-refractivity contribution >= 4 is 22.6 Å². The van der Waals surface area contributed by atoms with E-state index in [1.54, 1.807) is 6.92 Å². The second kappa shape index (κ2) is 9.24. The molecule has 29 heavy (non-hydrogen) atoms. The molecule has 5 nitrogen and oxygen atoms in total. The van der Waals surface area contributed by atoms with Crippen molar-refractivity contribution in [2.75, 3.05) is 0 Å². The van der Waals surface area contributed by atoms with Crippen LogP contribution in [0, 0.1) is 0 Å². The van der Waals surface area contributed by atoms with E-state index in [2.05, 4.69) is 24.7 Å². The maximum atomic E-state index is 12.3. The molecule has 0 aromatic heterocycles. The van der Waals surface area contributed by atoms with Crippen molar-refractivity contribution < 1.29 is 14.3 Å². The Kier molecular flexibility index (Phi) is 6.50. The molecule has 0 aliphatic rings. The molecule has 0 bridgehead atoms. The fourth-order valence-corrected chi connectivity index (χ4v) is 3.09. The predicted molar refractivity (Wildman–Crippen MR) is 115 cm³/mol. The van der Waals surface area contributed by atoms with Gasteiger partial charge in [0.1, 0.15) is 5.75 Å². The van der Waals surface area contributed by atoms with Gasteiger partial charge in [-0.25, -0.2) is 0 Å². The van der Waals surface area contributed by atoms with Crippen LogP contribution in [0.1, 0.15) is 37.8 Å². The average Bonchev–Trinajstić information content (AvgIpc) is 2.72. The molecule has 0 radical (unpaired) electrons. The van der Waals surface area contributed by atoms with Crippen LogP contribution >= 0.6 is 0 Å². The lowest BCUT2D eigenvalue weighted by atomic mass is 10.0. The summed E-state index contributed by atoms with van der Waals surface area (Å²) in [6.45, 7) is 5.88. The van der Waals surface area contributed by atoms with Crippen LogP contribution in [0.4, 0.5) is 0 Å². The summed E-state index contributed by atoms with van der Waals surface area (Å²) in [5.74, 6) is 0.341. The van der Waals surface area contributed by atoms with E-state index in [1.807, 2.05) is 66.7 Å². The van der Waals surface area contributed by atoms with E-state index >= 15 is 0 Å². The topological polar surface area (TPSA) is 67.4 Å². The van der Waals surface area contributed by atoms with Crippen LogP contribution in [-0.2, 0) is 16.0 Å². The van der Waals surface area contributed by atoms with Crippen molar-refractivity contribution in [3.8, 4) is 5.75 Å². The van der Waals surface area contributed by atoms with Gasteiger partial charge in [0.25, 0.3) is 5.91 Å². The Bertz CT molecular complexity index is 991. The molecule has 3 aromatic carbocycles. The molecular formula is C24H26N2O3. The third kappa shape index (κ3) is 5.35. The normalized spacial score (nSPS) is 11.9. The smallest absolute Gasteiger partial charge is 0.279 e. The highest BCUT2D eigenvalue weighted by molar-refractivity contribution is 5.91. The molecule has 1 atom stereocenters. The summed E-state index contributed by atoms with van der Waals surface area (Å²) in [7, 11) is 0. The van der Waals surface area contributed by atoms with Crippen molar-refractivity contribution in [2.24, 2.45) is 0 Å². The van der Waals surface area contributed by atoms with Gasteiger partial charge in [0, 0.05) is 0 Å². The first-order valence-corrected chi connectivity index (χ1v) is 9.76. The number of rotatable bonds is 6. The number of hydrazine groups is 1. The number of hydrogen-bond acceptors (Lipinski definition) is 3. The van der Waals surface area contributed by atoms with Gasteiger partial charge in [0.05, 0.1) is 6.42 Å². The number of nitrogens with one attached hydrogen (secondary N) is 2. The summed E-state index contributed by atoms with van der Waals surface area (Å²) < 4.78 is 5.66. The Balaban J connectivity index is 1.52. The number of hydrogen-bond donors (Lipinski definition) is 2. The first-order chi connectivity index (χ1) is 13.9. The molecule has 3 rings (SSSR count). The quantitative estimate of drug-likeness (QED) is 0.622. The molecule has 2 N–H and O–H groups in total. The van der Waals surface area contributed by atoms with E-state index in [9.17, 15) is 9.59 Å². The van der Waals surface area contributed by atoms with Gasteiger partial charge in [0.15, 0.2) is 6.10 Å². The van der Waals surface area contributed by atoms with Crippen molar-refractivity contribution in [1.82, 2.24) is 10.9 Å². The molecule has 3 aromatic rings. The highest BCUT2D eigenvalue weighted by atomic mass is 16.5. The van der Waals surface area contributed by atoms with Crippen molar-refractivity contribution in [3.05, 3.63) is 77.9 Å². The third-order valence-electron chi connectivity index (χ3n) is 4.78. The minimum Gasteiger partial charge on any atom is -0.481 e. The van der Waals surface area contributed by atoms with E-state index in [0.29, 0.717) is 11.7 Å². The third-order valence-corrected chi connectivity index (χ3v) is 4.78. The molecule has 0 saturated carbocycles. The van der Waals surface area contributed by atoms with Crippen molar-refractivity contribution in [1.29, 1.82) is 0 Å². The molecule has 0 spiro atoms. The Morgan fingerprint density at radius 1 is 0.862 bits per heavy atom. The zero-order valence-electron chi connectivity index (χ0n) is 16.9. The van der Waals surface area contributed by atoms with Gasteiger partial charge in [-0.15, -0.1) is 0 Å². The fourth-order valence-electron chi connectivity index (χ4n) is 3.09. The molecule has 5 heteroatoms. The van der Waals surface area contributed by atoms with Crippen molar-refractivity contribution in [2.45, 2.75) is 39.2 Å². The number of fused-ring (bicyclic) bond motifs is 1. The van der Waals surface area contributed by atoms with E-state index < -0.39 is 12.0 Å². The summed E-state index contributed by atoms with van der Waals surface area (Å²) in [6, 6.07) is 21.4. The van der Waals surface area contributed by atoms with Crippen LogP contribution in [-0.4, -0.2) is 17.9 Å². The maximum absolute atomic E-state index is 12.3. The van der Waals surface area contributed by atoms with E-state index in [-0.39, 0.29) is 12.3 Å². The molecule has 150 valence electrons. The second-order valence-electron chi connectivity index (χ2n) is 7.34. The molecule has 0 aliphatic carbocycles. The van der Waals surface area contributed by atoms with Gasteiger partial charge in [-0.3, -0.25) is 20.4 Å². The van der Waals surface area contributed by atoms with E-state index in [0.717, 1.165) is 16.3 Å². The standard InChI is InChI=1S/C24H26N2O3/c1-16(2)18-11-13-21(14-12-18)29-17(3)24(28)26-25-23(27)15-20-9-6-8-19-7-4-5-10-22(19)20/h4-14,16-17H,15H2,1-3H3,(H,25,27)(H,26,28)/t17-/m0/s1. The van der Waals surface area contributed by atoms with Gasteiger partial charge >= 0.3 is 0 Å². The molecule has 0 unspecified atom stereocenters. The minimum absolute atomic E-state index is 0.174. The lowest BCUT2D eigenvalue weighted by Crippen LogP contribution is -2.47. The highest BCUT2D eigenvalue weighted by Gasteiger charge is 2.16. The van der Waals surface area contributed by atoms with Gasteiger partial charge in [-0.1, -0.05) is 68.4 Å².